The van der Waals surface area contributed by atoms with E-state index in [1.165, 1.54) is 12.1 Å². The average Bonchev–Trinajstić information content (AvgIpc) is 2.61. The smallest absolute Gasteiger partial charge is 0.387 e. The van der Waals surface area contributed by atoms with Crippen molar-refractivity contribution in [2.24, 2.45) is 0 Å². The van der Waals surface area contributed by atoms with Crippen LogP contribution in [0.4, 0.5) is 23.4 Å². The molecule has 3 aromatic rings. The number of aromatic nitrogens is 2. The van der Waals surface area contributed by atoms with Crippen molar-refractivity contribution in [3.63, 3.8) is 0 Å². The number of fused-ring (bicyclic) bond motifs is 1. The second kappa shape index (κ2) is 7.55. The third-order valence-corrected chi connectivity index (χ3v) is 3.73. The van der Waals surface area contributed by atoms with Gasteiger partial charge in [-0.25, -0.2) is 18.7 Å². The Balaban J connectivity index is 1.88. The van der Waals surface area contributed by atoms with Crippen LogP contribution < -0.4 is 9.64 Å². The first-order valence-electron chi connectivity index (χ1n) is 7.74. The number of halogens is 4. The van der Waals surface area contributed by atoms with Gasteiger partial charge >= 0.3 is 6.61 Å². The molecule has 1 aromatic heterocycles. The molecule has 1 heterocycles. The van der Waals surface area contributed by atoms with E-state index in [9.17, 15) is 17.6 Å². The maximum atomic E-state index is 13.1. The second-order valence-electron chi connectivity index (χ2n) is 5.60. The molecule has 0 aliphatic rings. The average molecular weight is 365 g/mol. The highest BCUT2D eigenvalue weighted by Crippen LogP contribution is 2.27. The summed E-state index contributed by atoms with van der Waals surface area (Å²) in [5.74, 6) is -0.107. The molecule has 136 valence electrons. The minimum atomic E-state index is -2.89. The van der Waals surface area contributed by atoms with Crippen molar-refractivity contribution in [2.75, 3.05) is 11.9 Å². The Bertz CT molecular complexity index is 887. The number of alkyl halides is 4. The quantitative estimate of drug-likeness (QED) is 0.588. The van der Waals surface area contributed by atoms with Gasteiger partial charge in [-0.3, -0.25) is 0 Å². The molecular weight excluding hydrogens is 350 g/mol. The predicted molar refractivity (Wildman–Crippen MR) is 89.7 cm³/mol. The van der Waals surface area contributed by atoms with Crippen LogP contribution in [0.1, 0.15) is 17.8 Å². The van der Waals surface area contributed by atoms with E-state index in [1.54, 1.807) is 48.3 Å². The third-order valence-electron chi connectivity index (χ3n) is 3.73. The van der Waals surface area contributed by atoms with Gasteiger partial charge in [0.15, 0.2) is 5.82 Å². The lowest BCUT2D eigenvalue weighted by Crippen LogP contribution is -2.19. The highest BCUT2D eigenvalue weighted by molar-refractivity contribution is 5.89. The Morgan fingerprint density at radius 2 is 1.65 bits per heavy atom. The van der Waals surface area contributed by atoms with Crippen LogP contribution >= 0.6 is 0 Å². The number of benzene rings is 2. The molecule has 0 spiro atoms. The summed E-state index contributed by atoms with van der Waals surface area (Å²) in [5.41, 5.74) is 1.22. The van der Waals surface area contributed by atoms with Gasteiger partial charge in [-0.05, 0) is 29.8 Å². The maximum absolute atomic E-state index is 13.1. The summed E-state index contributed by atoms with van der Waals surface area (Å²) in [5, 5.41) is 0.650. The molecule has 3 rings (SSSR count). The molecule has 0 saturated carbocycles. The van der Waals surface area contributed by atoms with Gasteiger partial charge in [-0.1, -0.05) is 24.3 Å². The lowest BCUT2D eigenvalue weighted by atomic mass is 10.2. The number of hydrogen-bond acceptors (Lipinski definition) is 4. The Hall–Kier alpha value is -2.90. The molecule has 0 aliphatic heterocycles. The first-order valence-corrected chi connectivity index (χ1v) is 7.74. The van der Waals surface area contributed by atoms with Crippen LogP contribution in [0, 0.1) is 0 Å². The summed E-state index contributed by atoms with van der Waals surface area (Å²) in [6.45, 7) is -2.54. The summed E-state index contributed by atoms with van der Waals surface area (Å²) < 4.78 is 54.9. The fourth-order valence-corrected chi connectivity index (χ4v) is 2.59. The molecule has 26 heavy (non-hydrogen) atoms. The van der Waals surface area contributed by atoms with Gasteiger partial charge in [-0.2, -0.15) is 8.78 Å². The van der Waals surface area contributed by atoms with Gasteiger partial charge in [0.2, 0.25) is 0 Å². The van der Waals surface area contributed by atoms with E-state index in [0.717, 1.165) is 5.56 Å². The van der Waals surface area contributed by atoms with Gasteiger partial charge in [0.05, 0.1) is 5.52 Å². The predicted octanol–water partition coefficient (Wildman–Crippen LogP) is 4.81. The largest absolute Gasteiger partial charge is 0.435 e. The number of hydrogen-bond donors (Lipinski definition) is 0. The summed E-state index contributed by atoms with van der Waals surface area (Å²) >= 11 is 0. The zero-order chi connectivity index (χ0) is 18.7. The number of anilines is 1. The molecule has 0 bridgehead atoms. The normalized spacial score (nSPS) is 11.3. The zero-order valence-corrected chi connectivity index (χ0v) is 13.7. The molecule has 0 unspecified atom stereocenters. The Morgan fingerprint density at radius 3 is 2.31 bits per heavy atom. The second-order valence-corrected chi connectivity index (χ2v) is 5.60. The Kier molecular flexibility index (Phi) is 5.20. The standard InChI is InChI=1S/C18H15F4N3O/c1-25(10-11-6-8-12(9-7-11)26-18(21)22)17-13-4-2-3-5-14(13)23-16(24-17)15(19)20/h2-9,15,18H,10H2,1H3. The minimum Gasteiger partial charge on any atom is -0.435 e. The topological polar surface area (TPSA) is 38.2 Å². The van der Waals surface area contributed by atoms with Gasteiger partial charge in [0.25, 0.3) is 6.43 Å². The SMILES string of the molecule is CN(Cc1ccc(OC(F)F)cc1)c1nc(C(F)F)nc2ccccc12. The van der Waals surface area contributed by atoms with E-state index < -0.39 is 18.9 Å². The molecule has 0 saturated heterocycles. The van der Waals surface area contributed by atoms with Crippen molar-refractivity contribution >= 4 is 16.7 Å². The number of rotatable bonds is 6. The Morgan fingerprint density at radius 1 is 0.962 bits per heavy atom. The van der Waals surface area contributed by atoms with Gasteiger partial charge in [0, 0.05) is 19.0 Å². The lowest BCUT2D eigenvalue weighted by Gasteiger charge is -2.21. The first kappa shape index (κ1) is 17.9. The molecule has 0 fully saturated rings. The molecule has 4 nitrogen and oxygen atoms in total. The van der Waals surface area contributed by atoms with Crippen LogP contribution in [0.25, 0.3) is 10.9 Å². The molecular formula is C18H15F4N3O. The van der Waals surface area contributed by atoms with Gasteiger partial charge in [-0.15, -0.1) is 0 Å². The van der Waals surface area contributed by atoms with Gasteiger partial charge < -0.3 is 9.64 Å². The van der Waals surface area contributed by atoms with Crippen molar-refractivity contribution in [2.45, 2.75) is 19.6 Å². The van der Waals surface area contributed by atoms with E-state index in [2.05, 4.69) is 14.7 Å². The van der Waals surface area contributed by atoms with E-state index in [1.807, 2.05) is 0 Å². The van der Waals surface area contributed by atoms with Crippen molar-refractivity contribution in [1.29, 1.82) is 0 Å². The lowest BCUT2D eigenvalue weighted by molar-refractivity contribution is -0.0498. The van der Waals surface area contributed by atoms with E-state index >= 15 is 0 Å². The molecule has 0 aliphatic carbocycles. The third kappa shape index (κ3) is 4.01. The summed E-state index contributed by atoms with van der Waals surface area (Å²) in [6.07, 6.45) is -2.78. The fourth-order valence-electron chi connectivity index (χ4n) is 2.59. The molecule has 0 N–H and O–H groups in total. The number of nitrogens with zero attached hydrogens (tertiary/aromatic N) is 3. The summed E-state index contributed by atoms with van der Waals surface area (Å²) in [4.78, 5) is 9.59. The highest BCUT2D eigenvalue weighted by atomic mass is 19.3. The number of para-hydroxylation sites is 1. The minimum absolute atomic E-state index is 0.0545. The summed E-state index contributed by atoms with van der Waals surface area (Å²) in [7, 11) is 1.72. The molecule has 2 aromatic carbocycles. The van der Waals surface area contributed by atoms with E-state index in [4.69, 9.17) is 0 Å². The van der Waals surface area contributed by atoms with Gasteiger partial charge in [0.1, 0.15) is 11.6 Å². The van der Waals surface area contributed by atoms with Crippen LogP contribution in [-0.4, -0.2) is 23.6 Å². The van der Waals surface area contributed by atoms with Crippen molar-refractivity contribution < 1.29 is 22.3 Å². The van der Waals surface area contributed by atoms with Crippen molar-refractivity contribution in [3.8, 4) is 5.75 Å². The molecule has 0 atom stereocenters. The highest BCUT2D eigenvalue weighted by Gasteiger charge is 2.17. The van der Waals surface area contributed by atoms with Crippen molar-refractivity contribution in [1.82, 2.24) is 9.97 Å². The van der Waals surface area contributed by atoms with Crippen LogP contribution in [0.2, 0.25) is 0 Å². The van der Waals surface area contributed by atoms with Crippen molar-refractivity contribution in [3.05, 3.63) is 59.9 Å². The summed E-state index contributed by atoms with van der Waals surface area (Å²) in [6, 6.07) is 13.0. The van der Waals surface area contributed by atoms with Crippen LogP contribution in [0.3, 0.4) is 0 Å². The molecule has 0 amide bonds. The van der Waals surface area contributed by atoms with Crippen LogP contribution in [-0.2, 0) is 6.54 Å². The number of ether oxygens (including phenoxy) is 1. The zero-order valence-electron chi connectivity index (χ0n) is 13.7. The first-order chi connectivity index (χ1) is 12.4. The van der Waals surface area contributed by atoms with E-state index in [-0.39, 0.29) is 5.75 Å². The van der Waals surface area contributed by atoms with Crippen LogP contribution in [0.15, 0.2) is 48.5 Å². The molecule has 8 heteroatoms. The fraction of sp³-hybridized carbons (Fsp3) is 0.222. The Labute approximate surface area is 147 Å². The molecule has 0 radical (unpaired) electrons. The monoisotopic (exact) mass is 365 g/mol. The van der Waals surface area contributed by atoms with E-state index in [0.29, 0.717) is 23.3 Å². The van der Waals surface area contributed by atoms with Crippen LogP contribution in [0.5, 0.6) is 5.75 Å². The maximum Gasteiger partial charge on any atom is 0.387 e.